The summed E-state index contributed by atoms with van der Waals surface area (Å²) in [7, 11) is 0. The van der Waals surface area contributed by atoms with Gasteiger partial charge in [0.25, 0.3) is 0 Å². The minimum atomic E-state index is 0.683. The third-order valence-electron chi connectivity index (χ3n) is 2.35. The molecule has 0 saturated carbocycles. The van der Waals surface area contributed by atoms with Crippen molar-refractivity contribution < 1.29 is 0 Å². The third kappa shape index (κ3) is 3.49. The van der Waals surface area contributed by atoms with Gasteiger partial charge in [0.05, 0.1) is 5.01 Å². The van der Waals surface area contributed by atoms with Crippen LogP contribution in [-0.4, -0.2) is 21.5 Å². The zero-order valence-corrected chi connectivity index (χ0v) is 10.9. The Morgan fingerprint density at radius 3 is 2.59 bits per heavy atom. The van der Waals surface area contributed by atoms with E-state index >= 15 is 0 Å². The molecule has 17 heavy (non-hydrogen) atoms. The molecule has 0 atom stereocenters. The molecule has 0 fully saturated rings. The van der Waals surface area contributed by atoms with E-state index < -0.39 is 0 Å². The zero-order chi connectivity index (χ0) is 12.1. The van der Waals surface area contributed by atoms with Crippen LogP contribution < -0.4 is 5.32 Å². The molecule has 0 radical (unpaired) electrons. The Kier molecular flexibility index (Phi) is 4.03. The standard InChI is InChI=1S/C12H16N4S/c1-3-10-8-14-11(17-10)4-5-13-12-15-6-9(2)7-16-12/h6-8H,3-5H2,1-2H3,(H,13,15,16). The van der Waals surface area contributed by atoms with Crippen molar-refractivity contribution in [2.75, 3.05) is 11.9 Å². The molecule has 2 heterocycles. The summed E-state index contributed by atoms with van der Waals surface area (Å²) in [5, 5.41) is 4.36. The molecule has 0 spiro atoms. The molecule has 2 aromatic heterocycles. The summed E-state index contributed by atoms with van der Waals surface area (Å²) < 4.78 is 0. The van der Waals surface area contributed by atoms with Crippen LogP contribution in [0.2, 0.25) is 0 Å². The Hall–Kier alpha value is -1.49. The van der Waals surface area contributed by atoms with Crippen LogP contribution in [0.4, 0.5) is 5.95 Å². The van der Waals surface area contributed by atoms with Crippen molar-refractivity contribution in [1.29, 1.82) is 0 Å². The molecule has 0 unspecified atom stereocenters. The van der Waals surface area contributed by atoms with Crippen molar-refractivity contribution in [3.8, 4) is 0 Å². The normalized spacial score (nSPS) is 10.5. The number of aryl methyl sites for hydroxylation is 2. The van der Waals surface area contributed by atoms with Gasteiger partial charge in [0, 0.05) is 36.4 Å². The van der Waals surface area contributed by atoms with Crippen LogP contribution in [0.15, 0.2) is 18.6 Å². The van der Waals surface area contributed by atoms with E-state index in [4.69, 9.17) is 0 Å². The van der Waals surface area contributed by atoms with Crippen molar-refractivity contribution in [3.63, 3.8) is 0 Å². The summed E-state index contributed by atoms with van der Waals surface area (Å²) in [6, 6.07) is 0. The van der Waals surface area contributed by atoms with Crippen LogP contribution in [0.5, 0.6) is 0 Å². The van der Waals surface area contributed by atoms with Crippen LogP contribution in [-0.2, 0) is 12.8 Å². The number of nitrogens with one attached hydrogen (secondary N) is 1. The average molecular weight is 248 g/mol. The molecule has 0 amide bonds. The Morgan fingerprint density at radius 2 is 1.94 bits per heavy atom. The summed E-state index contributed by atoms with van der Waals surface area (Å²) >= 11 is 1.78. The molecule has 0 bridgehead atoms. The van der Waals surface area contributed by atoms with Crippen molar-refractivity contribution in [3.05, 3.63) is 34.0 Å². The fraction of sp³-hybridized carbons (Fsp3) is 0.417. The minimum absolute atomic E-state index is 0.683. The van der Waals surface area contributed by atoms with Gasteiger partial charge in [-0.15, -0.1) is 11.3 Å². The first kappa shape index (κ1) is 12.0. The second kappa shape index (κ2) is 5.72. The number of nitrogens with zero attached hydrogens (tertiary/aromatic N) is 3. The monoisotopic (exact) mass is 248 g/mol. The van der Waals surface area contributed by atoms with Gasteiger partial charge in [0.1, 0.15) is 0 Å². The topological polar surface area (TPSA) is 50.7 Å². The van der Waals surface area contributed by atoms with Crippen LogP contribution in [0.3, 0.4) is 0 Å². The zero-order valence-electron chi connectivity index (χ0n) is 10.1. The first-order chi connectivity index (χ1) is 8.28. The molecule has 2 rings (SSSR count). The van der Waals surface area contributed by atoms with Gasteiger partial charge in [0.2, 0.25) is 5.95 Å². The van der Waals surface area contributed by atoms with Crippen LogP contribution in [0.1, 0.15) is 22.4 Å². The second-order valence-corrected chi connectivity index (χ2v) is 5.03. The maximum atomic E-state index is 4.37. The fourth-order valence-electron chi connectivity index (χ4n) is 1.39. The highest BCUT2D eigenvalue weighted by Crippen LogP contribution is 2.13. The fourth-order valence-corrected chi connectivity index (χ4v) is 2.25. The number of anilines is 1. The SMILES string of the molecule is CCc1cnc(CCNc2ncc(C)cn2)s1. The molecule has 90 valence electrons. The minimum Gasteiger partial charge on any atom is -0.354 e. The van der Waals surface area contributed by atoms with Crippen LogP contribution in [0.25, 0.3) is 0 Å². The second-order valence-electron chi connectivity index (χ2n) is 3.83. The number of thiazole rings is 1. The quantitative estimate of drug-likeness (QED) is 0.883. The lowest BCUT2D eigenvalue weighted by Gasteiger charge is -2.02. The Balaban J connectivity index is 1.81. The van der Waals surface area contributed by atoms with E-state index in [9.17, 15) is 0 Å². The lowest BCUT2D eigenvalue weighted by atomic mass is 10.4. The van der Waals surface area contributed by atoms with Crippen LogP contribution >= 0.6 is 11.3 Å². The molecular formula is C12H16N4S. The third-order valence-corrected chi connectivity index (χ3v) is 3.55. The molecule has 0 aliphatic carbocycles. The maximum Gasteiger partial charge on any atom is 0.222 e. The van der Waals surface area contributed by atoms with Crippen molar-refractivity contribution in [1.82, 2.24) is 15.0 Å². The number of hydrogen-bond acceptors (Lipinski definition) is 5. The van der Waals surface area contributed by atoms with Crippen molar-refractivity contribution >= 4 is 17.3 Å². The van der Waals surface area contributed by atoms with E-state index in [2.05, 4.69) is 27.2 Å². The number of hydrogen-bond donors (Lipinski definition) is 1. The average Bonchev–Trinajstić information content (AvgIpc) is 2.80. The smallest absolute Gasteiger partial charge is 0.222 e. The van der Waals surface area contributed by atoms with E-state index in [0.717, 1.165) is 24.9 Å². The van der Waals surface area contributed by atoms with Gasteiger partial charge in [-0.3, -0.25) is 0 Å². The van der Waals surface area contributed by atoms with Gasteiger partial charge in [-0.05, 0) is 18.9 Å². The predicted molar refractivity (Wildman–Crippen MR) is 70.5 cm³/mol. The van der Waals surface area contributed by atoms with Gasteiger partial charge in [-0.25, -0.2) is 15.0 Å². The highest BCUT2D eigenvalue weighted by atomic mass is 32.1. The molecule has 2 aromatic rings. The summed E-state index contributed by atoms with van der Waals surface area (Å²) in [4.78, 5) is 14.1. The van der Waals surface area contributed by atoms with E-state index in [0.29, 0.717) is 5.95 Å². The molecule has 1 N–H and O–H groups in total. The maximum absolute atomic E-state index is 4.37. The molecule has 4 nitrogen and oxygen atoms in total. The molecule has 0 saturated heterocycles. The van der Waals surface area contributed by atoms with Crippen molar-refractivity contribution in [2.24, 2.45) is 0 Å². The van der Waals surface area contributed by atoms with Gasteiger partial charge in [-0.2, -0.15) is 0 Å². The summed E-state index contributed by atoms with van der Waals surface area (Å²) in [5.41, 5.74) is 1.07. The van der Waals surface area contributed by atoms with E-state index in [-0.39, 0.29) is 0 Å². The Bertz CT molecular complexity index is 464. The summed E-state index contributed by atoms with van der Waals surface area (Å²) in [6.07, 6.45) is 7.57. The molecule has 0 aliphatic heterocycles. The van der Waals surface area contributed by atoms with E-state index in [1.807, 2.05) is 25.5 Å². The van der Waals surface area contributed by atoms with E-state index in [1.165, 1.54) is 9.88 Å². The Morgan fingerprint density at radius 1 is 1.18 bits per heavy atom. The van der Waals surface area contributed by atoms with Crippen molar-refractivity contribution in [2.45, 2.75) is 26.7 Å². The van der Waals surface area contributed by atoms with Gasteiger partial charge < -0.3 is 5.32 Å². The first-order valence-corrected chi connectivity index (χ1v) is 6.55. The molecule has 0 aromatic carbocycles. The van der Waals surface area contributed by atoms with E-state index in [1.54, 1.807) is 11.3 Å². The lowest BCUT2D eigenvalue weighted by Crippen LogP contribution is -2.07. The van der Waals surface area contributed by atoms with Gasteiger partial charge in [-0.1, -0.05) is 6.92 Å². The molecular weight excluding hydrogens is 232 g/mol. The van der Waals surface area contributed by atoms with Gasteiger partial charge >= 0.3 is 0 Å². The lowest BCUT2D eigenvalue weighted by molar-refractivity contribution is 0.965. The summed E-state index contributed by atoms with van der Waals surface area (Å²) in [5.74, 6) is 0.683. The molecule has 0 aliphatic rings. The number of rotatable bonds is 5. The highest BCUT2D eigenvalue weighted by molar-refractivity contribution is 7.11. The largest absolute Gasteiger partial charge is 0.354 e. The Labute approximate surface area is 105 Å². The first-order valence-electron chi connectivity index (χ1n) is 5.74. The molecule has 5 heteroatoms. The number of aromatic nitrogens is 3. The summed E-state index contributed by atoms with van der Waals surface area (Å²) in [6.45, 7) is 4.95. The van der Waals surface area contributed by atoms with Gasteiger partial charge in [0.15, 0.2) is 0 Å². The van der Waals surface area contributed by atoms with Crippen LogP contribution in [0, 0.1) is 6.92 Å². The highest BCUT2D eigenvalue weighted by Gasteiger charge is 2.01. The predicted octanol–water partition coefficient (Wildman–Crippen LogP) is 2.46.